The summed E-state index contributed by atoms with van der Waals surface area (Å²) in [6, 6.07) is 10.9. The predicted octanol–water partition coefficient (Wildman–Crippen LogP) is 1.90. The molecular formula is C17H15N5O3S2. The van der Waals surface area contributed by atoms with Crippen molar-refractivity contribution in [3.05, 3.63) is 41.8 Å². The van der Waals surface area contributed by atoms with Crippen LogP contribution in [0.25, 0.3) is 10.7 Å². The first-order valence-electron chi connectivity index (χ1n) is 8.06. The second kappa shape index (κ2) is 7.41. The van der Waals surface area contributed by atoms with Gasteiger partial charge in [-0.05, 0) is 23.6 Å². The summed E-state index contributed by atoms with van der Waals surface area (Å²) >= 11 is 2.78. The van der Waals surface area contributed by atoms with Gasteiger partial charge >= 0.3 is 0 Å². The first kappa shape index (κ1) is 17.6. The van der Waals surface area contributed by atoms with Crippen LogP contribution in [0.5, 0.6) is 5.75 Å². The van der Waals surface area contributed by atoms with Gasteiger partial charge in [0.05, 0.1) is 22.9 Å². The summed E-state index contributed by atoms with van der Waals surface area (Å²) in [5.74, 6) is 0.477. The third-order valence-electron chi connectivity index (χ3n) is 3.94. The molecule has 0 fully saturated rings. The van der Waals surface area contributed by atoms with Gasteiger partial charge in [0.25, 0.3) is 5.91 Å². The van der Waals surface area contributed by atoms with Gasteiger partial charge in [0, 0.05) is 0 Å². The second-order valence-corrected chi connectivity index (χ2v) is 7.60. The minimum atomic E-state index is -0.872. The van der Waals surface area contributed by atoms with Gasteiger partial charge in [0.15, 0.2) is 11.9 Å². The smallest absolute Gasteiger partial charge is 0.260 e. The third-order valence-corrected chi connectivity index (χ3v) is 5.64. The lowest BCUT2D eigenvalue weighted by Gasteiger charge is -2.33. The minimum Gasteiger partial charge on any atom is -0.477 e. The van der Waals surface area contributed by atoms with Crippen LogP contribution in [-0.4, -0.2) is 45.4 Å². The Balaban J connectivity index is 1.47. The number of hydrogen-bond donors (Lipinski definition) is 2. The molecule has 0 aliphatic carbocycles. The Morgan fingerprint density at radius 1 is 1.33 bits per heavy atom. The molecule has 0 radical (unpaired) electrons. The van der Waals surface area contributed by atoms with Crippen molar-refractivity contribution in [2.24, 2.45) is 5.73 Å². The molecule has 4 rings (SSSR count). The molecule has 0 spiro atoms. The molecule has 138 valence electrons. The highest BCUT2D eigenvalue weighted by molar-refractivity contribution is 7.99. The molecule has 10 heteroatoms. The quantitative estimate of drug-likeness (QED) is 0.631. The standard InChI is InChI=1S/C17H15N5O3S2/c18-15(24)12-8-22(10-4-1-2-5-11(10)25-12)14(23)9-27-17-19-16(20-21-17)13-6-3-7-26-13/h1-7,12H,8-9H2,(H2,18,24)(H,19,20,21)/t12-/m1/s1. The van der Waals surface area contributed by atoms with Gasteiger partial charge in [-0.3, -0.25) is 14.7 Å². The number of H-pyrrole nitrogens is 1. The van der Waals surface area contributed by atoms with Crippen molar-refractivity contribution in [3.8, 4) is 16.5 Å². The lowest BCUT2D eigenvalue weighted by Crippen LogP contribution is -2.49. The maximum atomic E-state index is 12.8. The van der Waals surface area contributed by atoms with Crippen LogP contribution in [-0.2, 0) is 9.59 Å². The molecule has 27 heavy (non-hydrogen) atoms. The van der Waals surface area contributed by atoms with Crippen LogP contribution in [0.2, 0.25) is 0 Å². The number of rotatable bonds is 5. The highest BCUT2D eigenvalue weighted by Gasteiger charge is 2.32. The lowest BCUT2D eigenvalue weighted by atomic mass is 10.2. The van der Waals surface area contributed by atoms with E-state index in [1.807, 2.05) is 23.6 Å². The number of nitrogens with two attached hydrogens (primary N) is 1. The van der Waals surface area contributed by atoms with Gasteiger partial charge in [0.2, 0.25) is 11.1 Å². The summed E-state index contributed by atoms with van der Waals surface area (Å²) in [5.41, 5.74) is 5.99. The molecule has 3 aromatic rings. The summed E-state index contributed by atoms with van der Waals surface area (Å²) < 4.78 is 5.58. The molecule has 0 saturated carbocycles. The number of primary amides is 1. The molecular weight excluding hydrogens is 386 g/mol. The fourth-order valence-electron chi connectivity index (χ4n) is 2.66. The number of nitrogens with zero attached hydrogens (tertiary/aromatic N) is 3. The number of ether oxygens (including phenoxy) is 1. The van der Waals surface area contributed by atoms with Crippen LogP contribution in [0.15, 0.2) is 46.9 Å². The number of aromatic nitrogens is 3. The van der Waals surface area contributed by atoms with Crippen LogP contribution >= 0.6 is 23.1 Å². The topological polar surface area (TPSA) is 114 Å². The zero-order chi connectivity index (χ0) is 18.8. The predicted molar refractivity (Wildman–Crippen MR) is 103 cm³/mol. The number of carbonyl (C=O) groups excluding carboxylic acids is 2. The van der Waals surface area contributed by atoms with E-state index in [0.717, 1.165) is 4.88 Å². The Kier molecular flexibility index (Phi) is 4.82. The number of amides is 2. The SMILES string of the molecule is NC(=O)[C@H]1CN(C(=O)CSc2n[nH]c(-c3cccs3)n2)c2ccccc2O1. The summed E-state index contributed by atoms with van der Waals surface area (Å²) in [7, 11) is 0. The van der Waals surface area contributed by atoms with Crippen molar-refractivity contribution in [2.75, 3.05) is 17.2 Å². The van der Waals surface area contributed by atoms with E-state index in [2.05, 4.69) is 15.2 Å². The van der Waals surface area contributed by atoms with Crippen molar-refractivity contribution in [1.82, 2.24) is 15.2 Å². The van der Waals surface area contributed by atoms with E-state index >= 15 is 0 Å². The number of benzene rings is 1. The monoisotopic (exact) mass is 401 g/mol. The average molecular weight is 401 g/mol. The van der Waals surface area contributed by atoms with Crippen molar-refractivity contribution in [2.45, 2.75) is 11.3 Å². The Labute approximate surface area is 162 Å². The van der Waals surface area contributed by atoms with Crippen molar-refractivity contribution >= 4 is 40.6 Å². The number of carbonyl (C=O) groups is 2. The van der Waals surface area contributed by atoms with E-state index < -0.39 is 12.0 Å². The first-order chi connectivity index (χ1) is 13.1. The van der Waals surface area contributed by atoms with Gasteiger partial charge in [-0.2, -0.15) is 0 Å². The average Bonchev–Trinajstić information content (AvgIpc) is 3.36. The number of thioether (sulfide) groups is 1. The van der Waals surface area contributed by atoms with Crippen LogP contribution in [0.4, 0.5) is 5.69 Å². The number of thiophene rings is 1. The molecule has 0 bridgehead atoms. The zero-order valence-electron chi connectivity index (χ0n) is 14.0. The van der Waals surface area contributed by atoms with Gasteiger partial charge in [-0.25, -0.2) is 4.98 Å². The Morgan fingerprint density at radius 3 is 2.96 bits per heavy atom. The third kappa shape index (κ3) is 3.67. The molecule has 2 aromatic heterocycles. The van der Waals surface area contributed by atoms with Crippen molar-refractivity contribution < 1.29 is 14.3 Å². The number of fused-ring (bicyclic) bond motifs is 1. The van der Waals surface area contributed by atoms with Gasteiger partial charge in [0.1, 0.15) is 5.75 Å². The van der Waals surface area contributed by atoms with Gasteiger partial charge < -0.3 is 15.4 Å². The molecule has 1 aliphatic heterocycles. The normalized spacial score (nSPS) is 15.9. The Hall–Kier alpha value is -2.85. The molecule has 3 N–H and O–H groups in total. The van der Waals surface area contributed by atoms with Crippen molar-refractivity contribution in [1.29, 1.82) is 0 Å². The van der Waals surface area contributed by atoms with Crippen LogP contribution in [0.1, 0.15) is 0 Å². The fourth-order valence-corrected chi connectivity index (χ4v) is 4.00. The van der Waals surface area contributed by atoms with E-state index in [1.165, 1.54) is 16.7 Å². The Bertz CT molecular complexity index is 973. The maximum Gasteiger partial charge on any atom is 0.260 e. The van der Waals surface area contributed by atoms with Crippen molar-refractivity contribution in [3.63, 3.8) is 0 Å². The second-order valence-electron chi connectivity index (χ2n) is 5.71. The van der Waals surface area contributed by atoms with Crippen LogP contribution < -0.4 is 15.4 Å². The number of aromatic amines is 1. The summed E-state index contributed by atoms with van der Waals surface area (Å²) in [4.78, 5) is 31.2. The molecule has 0 unspecified atom stereocenters. The molecule has 0 saturated heterocycles. The molecule has 1 aromatic carbocycles. The number of para-hydroxylation sites is 2. The lowest BCUT2D eigenvalue weighted by molar-refractivity contribution is -0.125. The Morgan fingerprint density at radius 2 is 2.19 bits per heavy atom. The number of anilines is 1. The van der Waals surface area contributed by atoms with E-state index in [9.17, 15) is 9.59 Å². The van der Waals surface area contributed by atoms with E-state index in [0.29, 0.717) is 22.4 Å². The maximum absolute atomic E-state index is 12.8. The zero-order valence-corrected chi connectivity index (χ0v) is 15.6. The highest BCUT2D eigenvalue weighted by Crippen LogP contribution is 2.33. The largest absolute Gasteiger partial charge is 0.477 e. The fraction of sp³-hybridized carbons (Fsp3) is 0.176. The van der Waals surface area contributed by atoms with Gasteiger partial charge in [-0.1, -0.05) is 30.0 Å². The molecule has 1 aliphatic rings. The van der Waals surface area contributed by atoms with Gasteiger partial charge in [-0.15, -0.1) is 16.4 Å². The van der Waals surface area contributed by atoms with Crippen LogP contribution in [0.3, 0.4) is 0 Å². The van der Waals surface area contributed by atoms with E-state index in [4.69, 9.17) is 10.5 Å². The van der Waals surface area contributed by atoms with E-state index in [-0.39, 0.29) is 18.2 Å². The highest BCUT2D eigenvalue weighted by atomic mass is 32.2. The molecule has 1 atom stereocenters. The van der Waals surface area contributed by atoms with E-state index in [1.54, 1.807) is 29.5 Å². The molecule has 2 amide bonds. The molecule has 3 heterocycles. The first-order valence-corrected chi connectivity index (χ1v) is 9.93. The number of nitrogens with one attached hydrogen (secondary N) is 1. The minimum absolute atomic E-state index is 0.0835. The number of hydrogen-bond acceptors (Lipinski definition) is 7. The summed E-state index contributed by atoms with van der Waals surface area (Å²) in [5, 5.41) is 9.46. The molecule has 8 nitrogen and oxygen atoms in total. The van der Waals surface area contributed by atoms with Crippen LogP contribution in [0, 0.1) is 0 Å². The summed E-state index contributed by atoms with van der Waals surface area (Å²) in [6.07, 6.45) is -0.872. The summed E-state index contributed by atoms with van der Waals surface area (Å²) in [6.45, 7) is 0.0835.